The molecule has 1 rings (SSSR count). The molecule has 0 aliphatic heterocycles. The third kappa shape index (κ3) is 4.95. The van der Waals surface area contributed by atoms with Crippen LogP contribution in [0.25, 0.3) is 0 Å². The lowest BCUT2D eigenvalue weighted by atomic mass is 10.2. The van der Waals surface area contributed by atoms with E-state index in [1.807, 2.05) is 33.9 Å². The maximum absolute atomic E-state index is 11.5. The lowest BCUT2D eigenvalue weighted by Crippen LogP contribution is -2.32. The van der Waals surface area contributed by atoms with E-state index < -0.39 is 11.7 Å². The molecule has 0 saturated carbocycles. The second-order valence-electron chi connectivity index (χ2n) is 5.10. The summed E-state index contributed by atoms with van der Waals surface area (Å²) in [6, 6.07) is 1.91. The molecule has 1 heterocycles. The largest absolute Gasteiger partial charge is 0.444 e. The molecule has 1 N–H and O–H groups in total. The van der Waals surface area contributed by atoms with Gasteiger partial charge < -0.3 is 10.1 Å². The first-order valence-corrected chi connectivity index (χ1v) is 5.73. The van der Waals surface area contributed by atoms with Crippen molar-refractivity contribution in [2.24, 2.45) is 0 Å². The molecular weight excluding hydrogens is 230 g/mol. The highest BCUT2D eigenvalue weighted by Gasteiger charge is 2.15. The van der Waals surface area contributed by atoms with E-state index in [2.05, 4.69) is 17.0 Å². The Hall–Kier alpha value is -1.91. The smallest absolute Gasteiger partial charge is 0.407 e. The van der Waals surface area contributed by atoms with Crippen LogP contribution in [0.4, 0.5) is 10.5 Å². The monoisotopic (exact) mass is 250 g/mol. The van der Waals surface area contributed by atoms with E-state index in [0.717, 1.165) is 11.3 Å². The Labute approximate surface area is 108 Å². The minimum absolute atomic E-state index is 0.379. The number of hydrogen-bond acceptors (Lipinski definition) is 3. The Bertz CT molecular complexity index is 450. The van der Waals surface area contributed by atoms with Crippen molar-refractivity contribution in [1.29, 1.82) is 0 Å². The number of hydrogen-bond donors (Lipinski definition) is 1. The number of carbonyl (C=O) groups excluding carboxylic acids is 1. The van der Waals surface area contributed by atoms with Crippen LogP contribution in [-0.2, 0) is 11.3 Å². The SMILES string of the molecule is C=[N+](C)c1cncc(CNC(=O)OC(C)(C)C)c1. The lowest BCUT2D eigenvalue weighted by molar-refractivity contribution is -0.395. The van der Waals surface area contributed by atoms with Gasteiger partial charge in [0.15, 0.2) is 0 Å². The van der Waals surface area contributed by atoms with Crippen LogP contribution in [0.2, 0.25) is 0 Å². The standard InChI is InChI=1S/C13H19N3O2/c1-13(2,3)18-12(17)15-8-10-6-11(16(4)5)9-14-7-10/h6-7,9H,4,8H2,1-3,5H3/p+1. The van der Waals surface area contributed by atoms with Gasteiger partial charge in [-0.3, -0.25) is 4.98 Å². The quantitative estimate of drug-likeness (QED) is 0.660. The summed E-state index contributed by atoms with van der Waals surface area (Å²) in [5.74, 6) is 0. The van der Waals surface area contributed by atoms with E-state index in [1.54, 1.807) is 17.0 Å². The van der Waals surface area contributed by atoms with Crippen LogP contribution in [0.3, 0.4) is 0 Å². The van der Waals surface area contributed by atoms with Gasteiger partial charge in [-0.15, -0.1) is 0 Å². The zero-order chi connectivity index (χ0) is 13.8. The maximum atomic E-state index is 11.5. The fourth-order valence-corrected chi connectivity index (χ4v) is 1.27. The Morgan fingerprint density at radius 1 is 1.50 bits per heavy atom. The number of aromatic nitrogens is 1. The molecule has 98 valence electrons. The Morgan fingerprint density at radius 2 is 2.17 bits per heavy atom. The number of carbonyl (C=O) groups is 1. The van der Waals surface area contributed by atoms with Crippen LogP contribution < -0.4 is 5.32 Å². The molecule has 5 nitrogen and oxygen atoms in total. The van der Waals surface area contributed by atoms with Crippen LogP contribution >= 0.6 is 0 Å². The molecule has 0 unspecified atom stereocenters. The Morgan fingerprint density at radius 3 is 2.72 bits per heavy atom. The molecule has 0 fully saturated rings. The number of alkyl carbamates (subject to hydrolysis) is 1. The summed E-state index contributed by atoms with van der Waals surface area (Å²) in [6.45, 7) is 9.63. The zero-order valence-corrected chi connectivity index (χ0v) is 11.4. The van der Waals surface area contributed by atoms with Crippen molar-refractivity contribution in [3.63, 3.8) is 0 Å². The molecule has 18 heavy (non-hydrogen) atoms. The van der Waals surface area contributed by atoms with Gasteiger partial charge in [-0.2, -0.15) is 0 Å². The summed E-state index contributed by atoms with van der Waals surface area (Å²) < 4.78 is 6.86. The predicted octanol–water partition coefficient (Wildman–Crippen LogP) is 2.08. The highest BCUT2D eigenvalue weighted by Crippen LogP contribution is 2.10. The Kier molecular flexibility index (Phi) is 4.42. The molecule has 0 bridgehead atoms. The molecule has 0 aliphatic carbocycles. The second kappa shape index (κ2) is 5.62. The van der Waals surface area contributed by atoms with Crippen molar-refractivity contribution in [3.05, 3.63) is 24.0 Å². The first kappa shape index (κ1) is 14.2. The maximum Gasteiger partial charge on any atom is 0.407 e. The molecule has 1 aromatic heterocycles. The number of nitrogens with one attached hydrogen (secondary N) is 1. The van der Waals surface area contributed by atoms with Crippen LogP contribution in [0.1, 0.15) is 26.3 Å². The summed E-state index contributed by atoms with van der Waals surface area (Å²) in [6.07, 6.45) is 2.98. The third-order valence-electron chi connectivity index (χ3n) is 2.06. The highest BCUT2D eigenvalue weighted by molar-refractivity contribution is 5.67. The molecule has 0 aromatic carbocycles. The molecule has 0 aliphatic rings. The zero-order valence-electron chi connectivity index (χ0n) is 11.4. The van der Waals surface area contributed by atoms with Crippen molar-refractivity contribution in [2.45, 2.75) is 32.9 Å². The van der Waals surface area contributed by atoms with E-state index in [4.69, 9.17) is 4.74 Å². The molecule has 5 heteroatoms. The molecule has 0 radical (unpaired) electrons. The average molecular weight is 250 g/mol. The Balaban J connectivity index is 2.56. The number of nitrogens with zero attached hydrogens (tertiary/aromatic N) is 2. The van der Waals surface area contributed by atoms with E-state index in [9.17, 15) is 4.79 Å². The van der Waals surface area contributed by atoms with Crippen molar-refractivity contribution in [2.75, 3.05) is 7.05 Å². The molecule has 0 saturated heterocycles. The van der Waals surface area contributed by atoms with Gasteiger partial charge in [0.2, 0.25) is 5.69 Å². The molecular formula is C13H20N3O2+. The summed E-state index contributed by atoms with van der Waals surface area (Å²) in [5, 5.41) is 2.68. The minimum Gasteiger partial charge on any atom is -0.444 e. The van der Waals surface area contributed by atoms with Crippen LogP contribution in [-0.4, -0.2) is 35.0 Å². The molecule has 0 atom stereocenters. The molecule has 1 aromatic rings. The fourth-order valence-electron chi connectivity index (χ4n) is 1.27. The highest BCUT2D eigenvalue weighted by atomic mass is 16.6. The van der Waals surface area contributed by atoms with Gasteiger partial charge >= 0.3 is 6.09 Å². The van der Waals surface area contributed by atoms with Gasteiger partial charge in [0.25, 0.3) is 0 Å². The minimum atomic E-state index is -0.488. The van der Waals surface area contributed by atoms with Gasteiger partial charge in [-0.25, -0.2) is 9.37 Å². The van der Waals surface area contributed by atoms with Crippen molar-refractivity contribution in [3.8, 4) is 0 Å². The normalized spacial score (nSPS) is 10.9. The predicted molar refractivity (Wildman–Crippen MR) is 70.3 cm³/mol. The number of rotatable bonds is 3. The van der Waals surface area contributed by atoms with E-state index in [-0.39, 0.29) is 0 Å². The summed E-state index contributed by atoms with van der Waals surface area (Å²) in [4.78, 5) is 15.6. The van der Waals surface area contributed by atoms with Crippen LogP contribution in [0.15, 0.2) is 18.5 Å². The molecule has 0 spiro atoms. The lowest BCUT2D eigenvalue weighted by Gasteiger charge is -2.19. The van der Waals surface area contributed by atoms with Gasteiger partial charge in [0.1, 0.15) is 19.4 Å². The summed E-state index contributed by atoms with van der Waals surface area (Å²) in [5.41, 5.74) is 1.30. The third-order valence-corrected chi connectivity index (χ3v) is 2.06. The van der Waals surface area contributed by atoms with Crippen molar-refractivity contribution < 1.29 is 14.1 Å². The van der Waals surface area contributed by atoms with Crippen LogP contribution in [0, 0.1) is 0 Å². The van der Waals surface area contributed by atoms with Crippen molar-refractivity contribution in [1.82, 2.24) is 10.3 Å². The van der Waals surface area contributed by atoms with Crippen LogP contribution in [0.5, 0.6) is 0 Å². The fraction of sp³-hybridized carbons (Fsp3) is 0.462. The first-order chi connectivity index (χ1) is 8.28. The number of pyridine rings is 1. The topological polar surface area (TPSA) is 54.2 Å². The van der Waals surface area contributed by atoms with E-state index >= 15 is 0 Å². The number of amides is 1. The summed E-state index contributed by atoms with van der Waals surface area (Å²) >= 11 is 0. The summed E-state index contributed by atoms with van der Waals surface area (Å²) in [7, 11) is 1.84. The van der Waals surface area contributed by atoms with Gasteiger partial charge in [0, 0.05) is 18.8 Å². The first-order valence-electron chi connectivity index (χ1n) is 5.73. The van der Waals surface area contributed by atoms with Crippen molar-refractivity contribution >= 4 is 18.5 Å². The molecule has 1 amide bonds. The van der Waals surface area contributed by atoms with E-state index in [0.29, 0.717) is 6.54 Å². The number of ether oxygens (including phenoxy) is 1. The van der Waals surface area contributed by atoms with Gasteiger partial charge in [-0.05, 0) is 26.3 Å². The van der Waals surface area contributed by atoms with E-state index in [1.165, 1.54) is 0 Å². The average Bonchev–Trinajstić information content (AvgIpc) is 2.24. The van der Waals surface area contributed by atoms with Gasteiger partial charge in [0.05, 0.1) is 6.20 Å². The van der Waals surface area contributed by atoms with Gasteiger partial charge in [-0.1, -0.05) is 0 Å². The second-order valence-corrected chi connectivity index (χ2v) is 5.10.